The zero-order valence-corrected chi connectivity index (χ0v) is 13.4. The molecule has 0 aliphatic rings. The van der Waals surface area contributed by atoms with Crippen molar-refractivity contribution in [2.24, 2.45) is 5.73 Å². The van der Waals surface area contributed by atoms with Crippen molar-refractivity contribution in [2.45, 2.75) is 39.3 Å². The number of thiophene rings is 1. The third-order valence-electron chi connectivity index (χ3n) is 3.75. The molecule has 2 aromatic rings. The molecule has 2 rings (SSSR count). The first-order chi connectivity index (χ1) is 9.60. The van der Waals surface area contributed by atoms with Gasteiger partial charge < -0.3 is 10.6 Å². The van der Waals surface area contributed by atoms with E-state index in [1.165, 1.54) is 21.7 Å². The Bertz CT molecular complexity index is 534. The highest BCUT2D eigenvalue weighted by Crippen LogP contribution is 2.22. The molecule has 1 aromatic heterocycles. The van der Waals surface area contributed by atoms with Crippen LogP contribution in [-0.2, 0) is 13.0 Å². The monoisotopic (exact) mass is 288 g/mol. The highest BCUT2D eigenvalue weighted by molar-refractivity contribution is 7.09. The summed E-state index contributed by atoms with van der Waals surface area (Å²) in [7, 11) is 2.14. The summed E-state index contributed by atoms with van der Waals surface area (Å²) < 4.78 is 0. The zero-order valence-electron chi connectivity index (χ0n) is 12.6. The fraction of sp³-hybridized carbons (Fsp3) is 0.412. The molecule has 108 valence electrons. The molecule has 0 fully saturated rings. The lowest BCUT2D eigenvalue weighted by Crippen LogP contribution is -2.22. The summed E-state index contributed by atoms with van der Waals surface area (Å²) in [5, 5.41) is 2.13. The van der Waals surface area contributed by atoms with Crippen molar-refractivity contribution in [3.05, 3.63) is 51.7 Å². The van der Waals surface area contributed by atoms with E-state index in [4.69, 9.17) is 5.73 Å². The second-order valence-corrected chi connectivity index (χ2v) is 6.45. The van der Waals surface area contributed by atoms with E-state index in [1.54, 1.807) is 11.3 Å². The Morgan fingerprint density at radius 1 is 1.30 bits per heavy atom. The van der Waals surface area contributed by atoms with E-state index in [1.807, 2.05) is 0 Å². The number of benzene rings is 1. The molecule has 0 saturated heterocycles. The average molecular weight is 288 g/mol. The standard InChI is InChI=1S/C17H24N2S/c1-4-15(18)11-14-7-8-16(10-13(14)2)19(3)12-17-6-5-9-20-17/h5-10,15H,4,11-12,18H2,1-3H3. The molecule has 0 saturated carbocycles. The van der Waals surface area contributed by atoms with Gasteiger partial charge in [-0.3, -0.25) is 0 Å². The molecule has 0 aliphatic carbocycles. The van der Waals surface area contributed by atoms with Crippen LogP contribution in [0.2, 0.25) is 0 Å². The largest absolute Gasteiger partial charge is 0.369 e. The van der Waals surface area contributed by atoms with Crippen molar-refractivity contribution >= 4 is 17.0 Å². The van der Waals surface area contributed by atoms with Crippen LogP contribution in [0, 0.1) is 6.92 Å². The molecule has 1 unspecified atom stereocenters. The first-order valence-corrected chi connectivity index (χ1v) is 8.06. The van der Waals surface area contributed by atoms with Crippen LogP contribution in [0.25, 0.3) is 0 Å². The Labute approximate surface area is 126 Å². The third kappa shape index (κ3) is 3.84. The third-order valence-corrected chi connectivity index (χ3v) is 4.61. The van der Waals surface area contributed by atoms with Gasteiger partial charge in [0.25, 0.3) is 0 Å². The second kappa shape index (κ2) is 6.91. The normalized spacial score (nSPS) is 12.4. The topological polar surface area (TPSA) is 29.3 Å². The molecule has 0 spiro atoms. The van der Waals surface area contributed by atoms with E-state index in [0.29, 0.717) is 0 Å². The second-order valence-electron chi connectivity index (χ2n) is 5.42. The van der Waals surface area contributed by atoms with E-state index in [0.717, 1.165) is 19.4 Å². The molecule has 1 aromatic carbocycles. The van der Waals surface area contributed by atoms with E-state index in [-0.39, 0.29) is 6.04 Å². The first-order valence-electron chi connectivity index (χ1n) is 7.18. The SMILES string of the molecule is CCC(N)Cc1ccc(N(C)Cc2cccs2)cc1C. The lowest BCUT2D eigenvalue weighted by Gasteiger charge is -2.20. The summed E-state index contributed by atoms with van der Waals surface area (Å²) in [6.45, 7) is 5.29. The molecule has 0 aliphatic heterocycles. The van der Waals surface area contributed by atoms with Gasteiger partial charge in [0, 0.05) is 23.7 Å². The molecule has 0 radical (unpaired) electrons. The number of aryl methyl sites for hydroxylation is 1. The van der Waals surface area contributed by atoms with Crippen molar-refractivity contribution in [3.63, 3.8) is 0 Å². The molecule has 1 heterocycles. The van der Waals surface area contributed by atoms with Crippen LogP contribution < -0.4 is 10.6 Å². The van der Waals surface area contributed by atoms with Gasteiger partial charge in [-0.05, 0) is 54.5 Å². The summed E-state index contributed by atoms with van der Waals surface area (Å²) in [6, 6.07) is 11.3. The smallest absolute Gasteiger partial charge is 0.0519 e. The minimum absolute atomic E-state index is 0.267. The van der Waals surface area contributed by atoms with Crippen molar-refractivity contribution in [1.29, 1.82) is 0 Å². The first kappa shape index (κ1) is 15.1. The van der Waals surface area contributed by atoms with Crippen molar-refractivity contribution < 1.29 is 0 Å². The van der Waals surface area contributed by atoms with Gasteiger partial charge >= 0.3 is 0 Å². The van der Waals surface area contributed by atoms with E-state index < -0.39 is 0 Å². The number of anilines is 1. The highest BCUT2D eigenvalue weighted by atomic mass is 32.1. The van der Waals surface area contributed by atoms with Gasteiger partial charge in [0.15, 0.2) is 0 Å². The van der Waals surface area contributed by atoms with Crippen LogP contribution in [0.3, 0.4) is 0 Å². The van der Waals surface area contributed by atoms with Gasteiger partial charge in [0.1, 0.15) is 0 Å². The highest BCUT2D eigenvalue weighted by Gasteiger charge is 2.08. The number of nitrogens with two attached hydrogens (primary N) is 1. The number of rotatable bonds is 6. The molecular weight excluding hydrogens is 264 g/mol. The maximum Gasteiger partial charge on any atom is 0.0519 e. The minimum Gasteiger partial charge on any atom is -0.369 e. The molecule has 3 heteroatoms. The van der Waals surface area contributed by atoms with E-state index >= 15 is 0 Å². The minimum atomic E-state index is 0.267. The fourth-order valence-electron chi connectivity index (χ4n) is 2.30. The van der Waals surface area contributed by atoms with Gasteiger partial charge in [0.05, 0.1) is 6.54 Å². The van der Waals surface area contributed by atoms with Crippen LogP contribution in [-0.4, -0.2) is 13.1 Å². The van der Waals surface area contributed by atoms with Gasteiger partial charge in [0.2, 0.25) is 0 Å². The molecule has 20 heavy (non-hydrogen) atoms. The summed E-state index contributed by atoms with van der Waals surface area (Å²) in [6.07, 6.45) is 2.00. The van der Waals surface area contributed by atoms with Crippen molar-refractivity contribution in [3.8, 4) is 0 Å². The van der Waals surface area contributed by atoms with Gasteiger partial charge in [-0.25, -0.2) is 0 Å². The predicted molar refractivity (Wildman–Crippen MR) is 89.6 cm³/mol. The maximum absolute atomic E-state index is 6.05. The number of hydrogen-bond acceptors (Lipinski definition) is 3. The van der Waals surface area contributed by atoms with Gasteiger partial charge in [-0.1, -0.05) is 19.1 Å². The summed E-state index contributed by atoms with van der Waals surface area (Å²) >= 11 is 1.81. The Balaban J connectivity index is 2.08. The Hall–Kier alpha value is -1.32. The maximum atomic E-state index is 6.05. The van der Waals surface area contributed by atoms with Crippen LogP contribution in [0.15, 0.2) is 35.7 Å². The average Bonchev–Trinajstić information content (AvgIpc) is 2.93. The van der Waals surface area contributed by atoms with Crippen molar-refractivity contribution in [1.82, 2.24) is 0 Å². The Morgan fingerprint density at radius 2 is 2.10 bits per heavy atom. The lowest BCUT2D eigenvalue weighted by atomic mass is 9.99. The molecule has 1 atom stereocenters. The van der Waals surface area contributed by atoms with Gasteiger partial charge in [-0.2, -0.15) is 0 Å². The Morgan fingerprint density at radius 3 is 2.70 bits per heavy atom. The lowest BCUT2D eigenvalue weighted by molar-refractivity contribution is 0.644. The van der Waals surface area contributed by atoms with Crippen molar-refractivity contribution in [2.75, 3.05) is 11.9 Å². The zero-order chi connectivity index (χ0) is 14.5. The van der Waals surface area contributed by atoms with Crippen LogP contribution in [0.5, 0.6) is 0 Å². The Kier molecular flexibility index (Phi) is 5.21. The van der Waals surface area contributed by atoms with E-state index in [2.05, 4.69) is 61.5 Å². The summed E-state index contributed by atoms with van der Waals surface area (Å²) in [5.41, 5.74) is 10.0. The summed E-state index contributed by atoms with van der Waals surface area (Å²) in [4.78, 5) is 3.68. The van der Waals surface area contributed by atoms with Crippen LogP contribution in [0.1, 0.15) is 29.3 Å². The number of hydrogen-bond donors (Lipinski definition) is 1. The molecule has 2 nitrogen and oxygen atoms in total. The predicted octanol–water partition coefficient (Wildman–Crippen LogP) is 3.97. The molecule has 0 bridgehead atoms. The molecule has 2 N–H and O–H groups in total. The molecule has 0 amide bonds. The fourth-order valence-corrected chi connectivity index (χ4v) is 3.06. The molecular formula is C17H24N2S. The van der Waals surface area contributed by atoms with E-state index in [9.17, 15) is 0 Å². The van der Waals surface area contributed by atoms with Gasteiger partial charge in [-0.15, -0.1) is 11.3 Å². The van der Waals surface area contributed by atoms with Crippen LogP contribution in [0.4, 0.5) is 5.69 Å². The summed E-state index contributed by atoms with van der Waals surface area (Å²) in [5.74, 6) is 0. The number of nitrogens with zero attached hydrogens (tertiary/aromatic N) is 1. The quantitative estimate of drug-likeness (QED) is 0.871. The van der Waals surface area contributed by atoms with Crippen LogP contribution >= 0.6 is 11.3 Å².